The second-order valence-corrected chi connectivity index (χ2v) is 16.1. The molecule has 0 unspecified atom stereocenters. The minimum absolute atomic E-state index is 0.00290. The molecule has 4 aromatic rings. The van der Waals surface area contributed by atoms with Crippen molar-refractivity contribution in [2.45, 2.75) is 114 Å². The third kappa shape index (κ3) is 17.3. The number of aliphatic imine (C=N–C) groups is 1. The van der Waals surface area contributed by atoms with Crippen molar-refractivity contribution in [1.29, 1.82) is 0 Å². The highest BCUT2D eigenvalue weighted by atomic mass is 16.2. The number of aromatic amines is 2. The number of amides is 8. The molecule has 4 rings (SSSR count). The first kappa shape index (κ1) is 51.9. The zero-order valence-electron chi connectivity index (χ0n) is 37.6. The van der Waals surface area contributed by atoms with Gasteiger partial charge in [0.2, 0.25) is 47.3 Å². The number of nitrogens with one attached hydrogen (secondary N) is 8. The van der Waals surface area contributed by atoms with Gasteiger partial charge in [-0.2, -0.15) is 0 Å². The number of fused-ring (bicyclic) bond motifs is 1. The summed E-state index contributed by atoms with van der Waals surface area (Å²) < 4.78 is 0. The molecule has 0 saturated carbocycles. The predicted octanol–water partition coefficient (Wildman–Crippen LogP) is -1.16. The molecule has 22 nitrogen and oxygen atoms in total. The first-order chi connectivity index (χ1) is 32.0. The molecule has 2 heterocycles. The Labute approximate surface area is 387 Å². The van der Waals surface area contributed by atoms with Crippen molar-refractivity contribution < 1.29 is 38.4 Å². The lowest BCUT2D eigenvalue weighted by Crippen LogP contribution is -2.60. The van der Waals surface area contributed by atoms with E-state index < -0.39 is 83.5 Å². The molecule has 0 bridgehead atoms. The number of primary amides is 2. The van der Waals surface area contributed by atoms with Gasteiger partial charge >= 0.3 is 0 Å². The normalized spacial score (nSPS) is 13.6. The first-order valence-corrected chi connectivity index (χ1v) is 22.0. The van der Waals surface area contributed by atoms with E-state index in [2.05, 4.69) is 51.8 Å². The zero-order chi connectivity index (χ0) is 48.9. The van der Waals surface area contributed by atoms with Crippen molar-refractivity contribution in [2.75, 3.05) is 6.54 Å². The number of aromatic nitrogens is 3. The van der Waals surface area contributed by atoms with E-state index in [9.17, 15) is 38.4 Å². The Kier molecular flexibility index (Phi) is 20.3. The number of rotatable bonds is 28. The quantitative estimate of drug-likeness (QED) is 0.0183. The topological polar surface area (TPSA) is 370 Å². The number of nitrogens with two attached hydrogens (primary N) is 4. The van der Waals surface area contributed by atoms with E-state index in [1.807, 2.05) is 31.2 Å². The number of para-hydroxylation sites is 1. The van der Waals surface area contributed by atoms with Crippen molar-refractivity contribution in [3.05, 3.63) is 90.1 Å². The zero-order valence-corrected chi connectivity index (χ0v) is 37.6. The van der Waals surface area contributed by atoms with Crippen molar-refractivity contribution >= 4 is 64.1 Å². The van der Waals surface area contributed by atoms with Crippen LogP contribution in [0.15, 0.2) is 78.3 Å². The molecule has 0 radical (unpaired) electrons. The van der Waals surface area contributed by atoms with Crippen LogP contribution in [0, 0.1) is 0 Å². The van der Waals surface area contributed by atoms with Crippen LogP contribution in [-0.2, 0) is 57.6 Å². The van der Waals surface area contributed by atoms with E-state index in [-0.39, 0.29) is 63.9 Å². The van der Waals surface area contributed by atoms with Crippen molar-refractivity contribution in [3.8, 4) is 0 Å². The van der Waals surface area contributed by atoms with E-state index in [1.54, 1.807) is 36.5 Å². The molecule has 22 heteroatoms. The highest BCUT2D eigenvalue weighted by Crippen LogP contribution is 2.19. The number of unbranched alkanes of at least 4 members (excludes halogenated alkanes) is 1. The second kappa shape index (κ2) is 26.2. The van der Waals surface area contributed by atoms with Crippen LogP contribution < -0.4 is 54.8 Å². The van der Waals surface area contributed by atoms with Gasteiger partial charge in [-0.15, -0.1) is 0 Å². The lowest BCUT2D eigenvalue weighted by Gasteiger charge is -2.27. The fourth-order valence-corrected chi connectivity index (χ4v) is 7.24. The van der Waals surface area contributed by atoms with Crippen LogP contribution >= 0.6 is 0 Å². The highest BCUT2D eigenvalue weighted by Gasteiger charge is 2.34. The summed E-state index contributed by atoms with van der Waals surface area (Å²) in [5, 5.41) is 16.8. The average Bonchev–Trinajstić information content (AvgIpc) is 3.96. The number of carbonyl (C=O) groups excluding carboxylic acids is 8. The summed E-state index contributed by atoms with van der Waals surface area (Å²) in [6, 6.07) is 8.54. The molecule has 0 aliphatic carbocycles. The maximum absolute atomic E-state index is 14.4. The number of benzene rings is 2. The number of H-pyrrole nitrogens is 2. The summed E-state index contributed by atoms with van der Waals surface area (Å²) in [7, 11) is 0. The van der Waals surface area contributed by atoms with Gasteiger partial charge in [0, 0.05) is 68.1 Å². The largest absolute Gasteiger partial charge is 0.370 e. The summed E-state index contributed by atoms with van der Waals surface area (Å²) in [6.07, 6.45) is 5.56. The summed E-state index contributed by atoms with van der Waals surface area (Å²) in [5.41, 5.74) is 24.8. The van der Waals surface area contributed by atoms with Crippen molar-refractivity contribution in [2.24, 2.45) is 27.9 Å². The van der Waals surface area contributed by atoms with Crippen LogP contribution in [0.2, 0.25) is 0 Å². The Hall–Kier alpha value is -7.78. The van der Waals surface area contributed by atoms with Crippen LogP contribution in [0.1, 0.15) is 75.6 Å². The summed E-state index contributed by atoms with van der Waals surface area (Å²) in [6.45, 7) is 3.26. The molecule has 0 spiro atoms. The predicted molar refractivity (Wildman–Crippen MR) is 249 cm³/mol. The van der Waals surface area contributed by atoms with E-state index in [1.165, 1.54) is 19.4 Å². The van der Waals surface area contributed by atoms with Gasteiger partial charge in [0.15, 0.2) is 5.96 Å². The molecule has 67 heavy (non-hydrogen) atoms. The molecule has 2 aromatic heterocycles. The Balaban J connectivity index is 1.62. The molecule has 8 amide bonds. The molecule has 360 valence electrons. The summed E-state index contributed by atoms with van der Waals surface area (Å²) in [5.74, 6) is -6.11. The Bertz CT molecular complexity index is 2330. The number of nitrogens with zero attached hydrogens (tertiary/aromatic N) is 2. The number of hydrogen-bond acceptors (Lipinski definition) is 10. The highest BCUT2D eigenvalue weighted by molar-refractivity contribution is 5.97. The van der Waals surface area contributed by atoms with Gasteiger partial charge in [0.25, 0.3) is 0 Å². The summed E-state index contributed by atoms with van der Waals surface area (Å²) in [4.78, 5) is 121. The van der Waals surface area contributed by atoms with Gasteiger partial charge in [-0.25, -0.2) is 4.98 Å². The standard InChI is InChI=1S/C45H62N14O8/c1-3-4-14-32(54-26(2)60)40(63)56-34(17-18-38(46)61)42(65)59-37(22-29-24-50-25-53-29)44(67)58-36(20-27-11-6-5-7-12-27)43(66)55-33(16-10-19-51-45(48)49)41(64)57-35(39(47)62)21-28-23-52-31-15-9-8-13-30(28)31/h5-9,11-13,15,23-25,32-37,52H,3-4,10,14,16-22H2,1-2H3,(H2,46,61)(H2,47,62)(H,50,53)(H,54,60)(H,55,66)(H,56,63)(H,57,64)(H,58,67)(H,59,65)(H4,48,49,51)/t32-,33-,34-,35-,36+,37-/m0/s1. The summed E-state index contributed by atoms with van der Waals surface area (Å²) >= 11 is 0. The van der Waals surface area contributed by atoms with Gasteiger partial charge in [0.05, 0.1) is 6.33 Å². The van der Waals surface area contributed by atoms with Crippen LogP contribution in [0.3, 0.4) is 0 Å². The molecular weight excluding hydrogens is 865 g/mol. The molecule has 0 saturated heterocycles. The van der Waals surface area contributed by atoms with Crippen LogP contribution in [0.4, 0.5) is 0 Å². The van der Waals surface area contributed by atoms with Gasteiger partial charge in [-0.05, 0) is 42.9 Å². The van der Waals surface area contributed by atoms with E-state index in [0.717, 1.165) is 22.9 Å². The fraction of sp³-hybridized carbons (Fsp3) is 0.422. The fourth-order valence-electron chi connectivity index (χ4n) is 7.24. The van der Waals surface area contributed by atoms with E-state index in [4.69, 9.17) is 22.9 Å². The van der Waals surface area contributed by atoms with Gasteiger partial charge in [0.1, 0.15) is 36.3 Å². The molecule has 0 fully saturated rings. The first-order valence-electron chi connectivity index (χ1n) is 22.0. The molecule has 2 aromatic carbocycles. The maximum atomic E-state index is 14.4. The molecule has 6 atom stereocenters. The Morgan fingerprint density at radius 3 is 1.76 bits per heavy atom. The molecular formula is C45H62N14O8. The van der Waals surface area contributed by atoms with Crippen LogP contribution in [0.5, 0.6) is 0 Å². The van der Waals surface area contributed by atoms with E-state index >= 15 is 0 Å². The maximum Gasteiger partial charge on any atom is 0.243 e. The number of hydrogen-bond donors (Lipinski definition) is 12. The SMILES string of the molecule is CCCC[C@H](NC(C)=O)C(=O)N[C@@H](CCC(N)=O)C(=O)N[C@@H](Cc1cnc[nH]1)C(=O)N[C@H](Cc1ccccc1)C(=O)N[C@@H](CCCN=C(N)N)C(=O)N[C@@H](Cc1c[nH]c2ccccc12)C(N)=O. The number of guanidine groups is 1. The Morgan fingerprint density at radius 1 is 0.627 bits per heavy atom. The lowest BCUT2D eigenvalue weighted by atomic mass is 10.0. The molecule has 0 aliphatic rings. The van der Waals surface area contributed by atoms with Crippen molar-refractivity contribution in [1.82, 2.24) is 46.9 Å². The third-order valence-corrected chi connectivity index (χ3v) is 10.7. The van der Waals surface area contributed by atoms with Crippen LogP contribution in [0.25, 0.3) is 10.9 Å². The lowest BCUT2D eigenvalue weighted by molar-refractivity contribution is -0.135. The van der Waals surface area contributed by atoms with Crippen LogP contribution in [-0.4, -0.2) is 111 Å². The monoisotopic (exact) mass is 926 g/mol. The second-order valence-electron chi connectivity index (χ2n) is 16.1. The van der Waals surface area contributed by atoms with Gasteiger partial charge in [-0.1, -0.05) is 68.3 Å². The van der Waals surface area contributed by atoms with Gasteiger partial charge < -0.3 is 64.8 Å². The van der Waals surface area contributed by atoms with Crippen molar-refractivity contribution in [3.63, 3.8) is 0 Å². The third-order valence-electron chi connectivity index (χ3n) is 10.7. The number of imidazole rings is 1. The van der Waals surface area contributed by atoms with Gasteiger partial charge in [-0.3, -0.25) is 43.3 Å². The smallest absolute Gasteiger partial charge is 0.243 e. The Morgan fingerprint density at radius 2 is 1.18 bits per heavy atom. The molecule has 0 aliphatic heterocycles. The molecule has 16 N–H and O–H groups in total. The minimum atomic E-state index is -1.40. The average molecular weight is 927 g/mol. The minimum Gasteiger partial charge on any atom is -0.370 e. The number of carbonyl (C=O) groups is 8. The van der Waals surface area contributed by atoms with E-state index in [0.29, 0.717) is 17.7 Å².